The van der Waals surface area contributed by atoms with Gasteiger partial charge >= 0.3 is 0 Å². The van der Waals surface area contributed by atoms with Gasteiger partial charge in [0.1, 0.15) is 12.4 Å². The molecule has 1 aromatic carbocycles. The van der Waals surface area contributed by atoms with Crippen LogP contribution in [0, 0.1) is 0 Å². The number of benzene rings is 1. The molecule has 0 aliphatic heterocycles. The van der Waals surface area contributed by atoms with Gasteiger partial charge in [-0.05, 0) is 50.4 Å². The first-order chi connectivity index (χ1) is 9.86. The Morgan fingerprint density at radius 1 is 0.950 bits per heavy atom. The summed E-state index contributed by atoms with van der Waals surface area (Å²) in [6, 6.07) is 8.47. The highest BCUT2D eigenvalue weighted by molar-refractivity contribution is 5.27. The van der Waals surface area contributed by atoms with Crippen molar-refractivity contribution in [1.82, 2.24) is 5.32 Å². The van der Waals surface area contributed by atoms with Crippen LogP contribution in [0.3, 0.4) is 0 Å². The molecule has 20 heavy (non-hydrogen) atoms. The first-order valence-electron chi connectivity index (χ1n) is 7.87. The zero-order chi connectivity index (χ0) is 14.5. The van der Waals surface area contributed by atoms with Crippen molar-refractivity contribution in [2.24, 2.45) is 0 Å². The van der Waals surface area contributed by atoms with Gasteiger partial charge in [0.05, 0.1) is 0 Å². The average Bonchev–Trinajstić information content (AvgIpc) is 2.49. The number of ether oxygens (including phenoxy) is 2. The van der Waals surface area contributed by atoms with Crippen LogP contribution < -0.4 is 10.1 Å². The van der Waals surface area contributed by atoms with Crippen molar-refractivity contribution in [1.29, 1.82) is 0 Å². The highest BCUT2D eigenvalue weighted by Gasteiger charge is 1.96. The van der Waals surface area contributed by atoms with Crippen LogP contribution in [-0.2, 0) is 11.2 Å². The predicted octanol–water partition coefficient (Wildman–Crippen LogP) is 3.42. The van der Waals surface area contributed by atoms with E-state index >= 15 is 0 Å². The molecule has 0 heterocycles. The van der Waals surface area contributed by atoms with Gasteiger partial charge in [-0.15, -0.1) is 0 Å². The van der Waals surface area contributed by atoms with Crippen LogP contribution >= 0.6 is 0 Å². The van der Waals surface area contributed by atoms with Gasteiger partial charge in [-0.2, -0.15) is 0 Å². The molecule has 0 aromatic heterocycles. The summed E-state index contributed by atoms with van der Waals surface area (Å²) >= 11 is 0. The monoisotopic (exact) mass is 279 g/mol. The average molecular weight is 279 g/mol. The van der Waals surface area contributed by atoms with E-state index in [1.54, 1.807) is 0 Å². The van der Waals surface area contributed by atoms with E-state index in [1.165, 1.54) is 18.4 Å². The molecule has 0 bridgehead atoms. The lowest BCUT2D eigenvalue weighted by Gasteiger charge is -2.08. The zero-order valence-corrected chi connectivity index (χ0v) is 13.0. The lowest BCUT2D eigenvalue weighted by atomic mass is 10.1. The van der Waals surface area contributed by atoms with Gasteiger partial charge in [0.25, 0.3) is 0 Å². The van der Waals surface area contributed by atoms with Crippen molar-refractivity contribution >= 4 is 0 Å². The Balaban J connectivity index is 2.04. The molecular formula is C17H29NO2. The third-order valence-electron chi connectivity index (χ3n) is 3.14. The third-order valence-corrected chi connectivity index (χ3v) is 3.14. The van der Waals surface area contributed by atoms with E-state index in [4.69, 9.17) is 9.47 Å². The molecule has 0 radical (unpaired) electrons. The zero-order valence-electron chi connectivity index (χ0n) is 13.0. The van der Waals surface area contributed by atoms with E-state index in [-0.39, 0.29) is 0 Å². The maximum Gasteiger partial charge on any atom is 0.119 e. The molecule has 1 rings (SSSR count). The van der Waals surface area contributed by atoms with Gasteiger partial charge < -0.3 is 14.8 Å². The summed E-state index contributed by atoms with van der Waals surface area (Å²) in [5.74, 6) is 0.960. The second-order valence-corrected chi connectivity index (χ2v) is 4.90. The summed E-state index contributed by atoms with van der Waals surface area (Å²) in [4.78, 5) is 0. The number of nitrogens with one attached hydrogen (secondary N) is 1. The minimum absolute atomic E-state index is 0.711. The SMILES string of the molecule is CCCCc1ccc(OCCNCCCOCC)cc1. The molecule has 0 aliphatic carbocycles. The number of hydrogen-bond acceptors (Lipinski definition) is 3. The van der Waals surface area contributed by atoms with Gasteiger partial charge in [-0.25, -0.2) is 0 Å². The molecular weight excluding hydrogens is 250 g/mol. The fourth-order valence-corrected chi connectivity index (χ4v) is 1.94. The topological polar surface area (TPSA) is 30.5 Å². The second-order valence-electron chi connectivity index (χ2n) is 4.90. The molecule has 0 spiro atoms. The molecule has 0 saturated heterocycles. The van der Waals surface area contributed by atoms with Crippen LogP contribution in [-0.4, -0.2) is 32.9 Å². The molecule has 114 valence electrons. The van der Waals surface area contributed by atoms with E-state index in [0.29, 0.717) is 6.61 Å². The fourth-order valence-electron chi connectivity index (χ4n) is 1.94. The van der Waals surface area contributed by atoms with Crippen molar-refractivity contribution in [3.8, 4) is 5.75 Å². The molecule has 1 N–H and O–H groups in total. The molecule has 0 aliphatic rings. The summed E-state index contributed by atoms with van der Waals surface area (Å²) in [5, 5.41) is 3.35. The highest BCUT2D eigenvalue weighted by atomic mass is 16.5. The Hall–Kier alpha value is -1.06. The van der Waals surface area contributed by atoms with E-state index in [2.05, 4.69) is 36.5 Å². The Kier molecular flexibility index (Phi) is 9.98. The molecule has 0 saturated carbocycles. The van der Waals surface area contributed by atoms with E-state index in [9.17, 15) is 0 Å². The maximum atomic E-state index is 5.70. The normalized spacial score (nSPS) is 10.7. The maximum absolute atomic E-state index is 5.70. The van der Waals surface area contributed by atoms with E-state index in [1.807, 2.05) is 6.92 Å². The summed E-state index contributed by atoms with van der Waals surface area (Å²) in [6.07, 6.45) is 4.72. The quantitative estimate of drug-likeness (QED) is 0.595. The summed E-state index contributed by atoms with van der Waals surface area (Å²) in [5.41, 5.74) is 1.40. The predicted molar refractivity (Wildman–Crippen MR) is 84.5 cm³/mol. The van der Waals surface area contributed by atoms with E-state index < -0.39 is 0 Å². The number of unbranched alkanes of at least 4 members (excludes halogenated alkanes) is 1. The number of aryl methyl sites for hydroxylation is 1. The van der Waals surface area contributed by atoms with Gasteiger partial charge in [-0.1, -0.05) is 25.5 Å². The lowest BCUT2D eigenvalue weighted by molar-refractivity contribution is 0.144. The molecule has 1 aromatic rings. The van der Waals surface area contributed by atoms with Crippen LogP contribution in [0.2, 0.25) is 0 Å². The summed E-state index contributed by atoms with van der Waals surface area (Å²) < 4.78 is 11.0. The summed E-state index contributed by atoms with van der Waals surface area (Å²) in [7, 11) is 0. The number of rotatable bonds is 12. The standard InChI is InChI=1S/C17H29NO2/c1-3-5-7-16-8-10-17(11-9-16)20-15-13-18-12-6-14-19-4-2/h8-11,18H,3-7,12-15H2,1-2H3. The van der Waals surface area contributed by atoms with Crippen molar-refractivity contribution in [3.05, 3.63) is 29.8 Å². The van der Waals surface area contributed by atoms with Crippen molar-refractivity contribution < 1.29 is 9.47 Å². The molecule has 0 atom stereocenters. The van der Waals surface area contributed by atoms with E-state index in [0.717, 1.165) is 44.9 Å². The van der Waals surface area contributed by atoms with Crippen LogP contribution in [0.15, 0.2) is 24.3 Å². The van der Waals surface area contributed by atoms with Gasteiger partial charge in [0, 0.05) is 19.8 Å². The summed E-state index contributed by atoms with van der Waals surface area (Å²) in [6.45, 7) is 8.46. The fraction of sp³-hybridized carbons (Fsp3) is 0.647. The molecule has 0 unspecified atom stereocenters. The molecule has 3 heteroatoms. The van der Waals surface area contributed by atoms with Crippen LogP contribution in [0.4, 0.5) is 0 Å². The van der Waals surface area contributed by atoms with Crippen LogP contribution in [0.1, 0.15) is 38.7 Å². The first kappa shape index (κ1) is 17.0. The van der Waals surface area contributed by atoms with Crippen LogP contribution in [0.25, 0.3) is 0 Å². The minimum atomic E-state index is 0.711. The van der Waals surface area contributed by atoms with Crippen molar-refractivity contribution in [2.45, 2.75) is 39.5 Å². The van der Waals surface area contributed by atoms with Gasteiger partial charge in [0.2, 0.25) is 0 Å². The Morgan fingerprint density at radius 3 is 2.45 bits per heavy atom. The molecule has 0 amide bonds. The number of hydrogen-bond donors (Lipinski definition) is 1. The first-order valence-corrected chi connectivity index (χ1v) is 7.87. The van der Waals surface area contributed by atoms with Gasteiger partial charge in [0.15, 0.2) is 0 Å². The minimum Gasteiger partial charge on any atom is -0.492 e. The Bertz CT molecular complexity index is 324. The van der Waals surface area contributed by atoms with Crippen LogP contribution in [0.5, 0.6) is 5.75 Å². The molecule has 0 fully saturated rings. The van der Waals surface area contributed by atoms with Crippen molar-refractivity contribution in [2.75, 3.05) is 32.9 Å². The second kappa shape index (κ2) is 11.7. The largest absolute Gasteiger partial charge is 0.492 e. The van der Waals surface area contributed by atoms with Gasteiger partial charge in [-0.3, -0.25) is 0 Å². The Labute approximate surface area is 123 Å². The van der Waals surface area contributed by atoms with Crippen molar-refractivity contribution in [3.63, 3.8) is 0 Å². The molecule has 3 nitrogen and oxygen atoms in total. The smallest absolute Gasteiger partial charge is 0.119 e. The Morgan fingerprint density at radius 2 is 1.75 bits per heavy atom. The lowest BCUT2D eigenvalue weighted by Crippen LogP contribution is -2.23. The third kappa shape index (κ3) is 8.18. The highest BCUT2D eigenvalue weighted by Crippen LogP contribution is 2.13.